The number of hydrogen-bond donors (Lipinski definition) is 1. The molecule has 1 unspecified atom stereocenters. The molecule has 2 aromatic carbocycles. The van der Waals surface area contributed by atoms with E-state index in [4.69, 9.17) is 26.8 Å². The molecule has 200 valence electrons. The monoisotopic (exact) mass is 526 g/mol. The van der Waals surface area contributed by atoms with Crippen LogP contribution in [0.5, 0.6) is 0 Å². The lowest BCUT2D eigenvalue weighted by atomic mass is 9.95. The minimum Gasteiger partial charge on any atom is -0.483 e. The summed E-state index contributed by atoms with van der Waals surface area (Å²) in [6.07, 6.45) is 10.3. The molecule has 0 radical (unpaired) electrons. The zero-order valence-corrected chi connectivity index (χ0v) is 23.4. The van der Waals surface area contributed by atoms with Crippen LogP contribution in [-0.4, -0.2) is 29.6 Å². The van der Waals surface area contributed by atoms with Crippen molar-refractivity contribution in [3.8, 4) is 6.07 Å². The molecule has 4 nitrogen and oxygen atoms in total. The summed E-state index contributed by atoms with van der Waals surface area (Å²) in [7, 11) is 0. The van der Waals surface area contributed by atoms with Gasteiger partial charge in [-0.3, -0.25) is 4.79 Å². The number of halogens is 2. The number of likely N-dealkylation sites (tertiary alicyclic amines) is 1. The summed E-state index contributed by atoms with van der Waals surface area (Å²) in [5.74, 6) is 1.55. The molecular weight excluding hydrogens is 487 g/mol. The summed E-state index contributed by atoms with van der Waals surface area (Å²) in [6.45, 7) is 16.5. The Morgan fingerprint density at radius 2 is 1.97 bits per heavy atom. The number of aryl methyl sites for hydroxylation is 2. The third kappa shape index (κ3) is 13.5. The van der Waals surface area contributed by atoms with Crippen molar-refractivity contribution in [1.82, 2.24) is 4.90 Å². The third-order valence-corrected chi connectivity index (χ3v) is 6.06. The van der Waals surface area contributed by atoms with E-state index in [1.54, 1.807) is 24.3 Å². The number of hydrogen-bond acceptors (Lipinski definition) is 3. The second-order valence-corrected chi connectivity index (χ2v) is 9.12. The van der Waals surface area contributed by atoms with Crippen molar-refractivity contribution in [2.75, 3.05) is 13.1 Å². The number of nitrogens with zero attached hydrogens (tertiary/aromatic N) is 2. The Morgan fingerprint density at radius 3 is 2.41 bits per heavy atom. The third-order valence-electron chi connectivity index (χ3n) is 5.74. The topological polar surface area (TPSA) is 64.3 Å². The van der Waals surface area contributed by atoms with Gasteiger partial charge >= 0.3 is 0 Å². The van der Waals surface area contributed by atoms with Crippen LogP contribution in [0, 0.1) is 35.9 Å². The molecule has 6 heteroatoms. The first-order chi connectivity index (χ1) is 17.7. The van der Waals surface area contributed by atoms with E-state index in [0.29, 0.717) is 10.6 Å². The van der Waals surface area contributed by atoms with Crippen LogP contribution in [0.25, 0.3) is 0 Å². The van der Waals surface area contributed by atoms with Crippen molar-refractivity contribution in [2.45, 2.75) is 47.5 Å². The number of benzene rings is 2. The molecule has 37 heavy (non-hydrogen) atoms. The molecule has 1 heterocycles. The molecule has 0 aromatic heterocycles. The summed E-state index contributed by atoms with van der Waals surface area (Å²) in [6, 6.07) is 14.2. The van der Waals surface area contributed by atoms with E-state index in [9.17, 15) is 4.39 Å². The van der Waals surface area contributed by atoms with Gasteiger partial charge < -0.3 is 10.0 Å². The average molecular weight is 527 g/mol. The molecule has 0 bridgehead atoms. The van der Waals surface area contributed by atoms with Crippen LogP contribution in [0.15, 0.2) is 79.0 Å². The fourth-order valence-electron chi connectivity index (χ4n) is 3.62. The normalized spacial score (nSPS) is 14.4. The maximum atomic E-state index is 12.6. The van der Waals surface area contributed by atoms with Crippen molar-refractivity contribution in [1.29, 1.82) is 5.26 Å². The number of carboxylic acid groups (broad SMARTS) is 1. The van der Waals surface area contributed by atoms with Gasteiger partial charge in [0.2, 0.25) is 0 Å². The van der Waals surface area contributed by atoms with Gasteiger partial charge in [-0.2, -0.15) is 5.26 Å². The lowest BCUT2D eigenvalue weighted by Crippen LogP contribution is -2.20. The lowest BCUT2D eigenvalue weighted by Gasteiger charge is -2.20. The van der Waals surface area contributed by atoms with Crippen LogP contribution < -0.4 is 0 Å². The van der Waals surface area contributed by atoms with Gasteiger partial charge in [0.25, 0.3) is 6.47 Å². The van der Waals surface area contributed by atoms with Gasteiger partial charge in [0.15, 0.2) is 0 Å². The first-order valence-corrected chi connectivity index (χ1v) is 12.7. The van der Waals surface area contributed by atoms with Gasteiger partial charge in [-0.25, -0.2) is 4.39 Å². The Balaban J connectivity index is 0.000000516. The number of carbonyl (C=O) groups is 1. The molecule has 2 aromatic rings. The van der Waals surface area contributed by atoms with Gasteiger partial charge in [-0.05, 0) is 80.0 Å². The Morgan fingerprint density at radius 1 is 1.32 bits per heavy atom. The van der Waals surface area contributed by atoms with Gasteiger partial charge in [0, 0.05) is 18.8 Å². The van der Waals surface area contributed by atoms with Crippen LogP contribution in [-0.2, 0) is 11.2 Å². The quantitative estimate of drug-likeness (QED) is 0.315. The highest BCUT2D eigenvalue weighted by Gasteiger charge is 2.24. The summed E-state index contributed by atoms with van der Waals surface area (Å²) < 4.78 is 12.6. The maximum absolute atomic E-state index is 12.6. The second-order valence-electron chi connectivity index (χ2n) is 8.71. The summed E-state index contributed by atoms with van der Waals surface area (Å²) in [4.78, 5) is 10.8. The summed E-state index contributed by atoms with van der Waals surface area (Å²) in [5, 5.41) is 15.9. The zero-order chi connectivity index (χ0) is 28.2. The first kappa shape index (κ1) is 33.6. The van der Waals surface area contributed by atoms with Crippen LogP contribution >= 0.6 is 11.6 Å². The van der Waals surface area contributed by atoms with Crippen LogP contribution in [0.3, 0.4) is 0 Å². The van der Waals surface area contributed by atoms with E-state index in [2.05, 4.69) is 50.5 Å². The van der Waals surface area contributed by atoms with Crippen molar-refractivity contribution in [2.24, 2.45) is 11.8 Å². The standard InChI is InChI=1S/C14H23N.C8H6ClN.C8H9F.CH2O2/c1-5-7-14(8-6-2)15-10-9-13(11-15)12(3)4;1-6-2-3-7(5-10)8(9)4-6;1-2-7-5-3-4-6-8(7)9;2-1-3/h5-8,12-13H,1,9-11H2,2-4H3;2-4H,1H3;3-6H,2H2,1H3;1H,(H,2,3)/b8-6-,14-7+;;;. The fourth-order valence-corrected chi connectivity index (χ4v) is 3.90. The molecule has 1 saturated heterocycles. The SMILES string of the molecule is C=C/C=C(\C=C/C)N1CCC(C(C)C)C1.CCc1ccccc1F.Cc1ccc(C#N)c(Cl)c1.O=CO. The molecule has 0 amide bonds. The average Bonchev–Trinajstić information content (AvgIpc) is 3.36. The molecule has 0 saturated carbocycles. The van der Waals surface area contributed by atoms with E-state index in [-0.39, 0.29) is 12.3 Å². The minimum absolute atomic E-state index is 0.0972. The molecule has 1 N–H and O–H groups in total. The molecular formula is C31H40ClFN2O2. The highest BCUT2D eigenvalue weighted by molar-refractivity contribution is 6.31. The van der Waals surface area contributed by atoms with E-state index in [1.165, 1.54) is 31.3 Å². The van der Waals surface area contributed by atoms with Crippen molar-refractivity contribution in [3.63, 3.8) is 0 Å². The van der Waals surface area contributed by atoms with Gasteiger partial charge in [0.05, 0.1) is 10.6 Å². The number of rotatable bonds is 5. The zero-order valence-electron chi connectivity index (χ0n) is 22.6. The largest absolute Gasteiger partial charge is 0.483 e. The highest BCUT2D eigenvalue weighted by atomic mass is 35.5. The molecule has 0 aliphatic carbocycles. The molecule has 1 aliphatic heterocycles. The minimum atomic E-state index is -0.250. The van der Waals surface area contributed by atoms with Crippen molar-refractivity contribution < 1.29 is 14.3 Å². The lowest BCUT2D eigenvalue weighted by molar-refractivity contribution is -0.122. The van der Waals surface area contributed by atoms with E-state index in [0.717, 1.165) is 29.4 Å². The Kier molecular flexibility index (Phi) is 18.0. The first-order valence-electron chi connectivity index (χ1n) is 12.4. The Labute approximate surface area is 227 Å². The van der Waals surface area contributed by atoms with E-state index >= 15 is 0 Å². The van der Waals surface area contributed by atoms with Gasteiger partial charge in [0.1, 0.15) is 11.9 Å². The maximum Gasteiger partial charge on any atom is 0.290 e. The molecule has 3 rings (SSSR count). The van der Waals surface area contributed by atoms with E-state index < -0.39 is 0 Å². The van der Waals surface area contributed by atoms with Crippen molar-refractivity contribution in [3.05, 3.63) is 107 Å². The fraction of sp³-hybridized carbons (Fsp3) is 0.355. The Bertz CT molecular complexity index is 1060. The summed E-state index contributed by atoms with van der Waals surface area (Å²) >= 11 is 5.71. The Hall–Kier alpha value is -3.36. The predicted molar refractivity (Wildman–Crippen MR) is 153 cm³/mol. The number of nitriles is 1. The molecule has 0 spiro atoms. The van der Waals surface area contributed by atoms with Crippen LogP contribution in [0.4, 0.5) is 4.39 Å². The van der Waals surface area contributed by atoms with Gasteiger partial charge in [-0.1, -0.05) is 75.4 Å². The second kappa shape index (κ2) is 19.8. The van der Waals surface area contributed by atoms with Crippen LogP contribution in [0.2, 0.25) is 5.02 Å². The van der Waals surface area contributed by atoms with E-state index in [1.807, 2.05) is 38.1 Å². The number of allylic oxidation sites excluding steroid dienone is 4. The highest BCUT2D eigenvalue weighted by Crippen LogP contribution is 2.26. The van der Waals surface area contributed by atoms with Crippen LogP contribution in [0.1, 0.15) is 50.8 Å². The smallest absolute Gasteiger partial charge is 0.290 e. The van der Waals surface area contributed by atoms with Gasteiger partial charge in [-0.15, -0.1) is 0 Å². The predicted octanol–water partition coefficient (Wildman–Crippen LogP) is 8.22. The van der Waals surface area contributed by atoms with Crippen molar-refractivity contribution >= 4 is 18.1 Å². The molecule has 1 fully saturated rings. The molecule has 1 aliphatic rings. The molecule has 1 atom stereocenters. The summed E-state index contributed by atoms with van der Waals surface area (Å²) in [5.41, 5.74) is 3.70.